The number of aliphatic carboxylic acids is 1. The van der Waals surface area contributed by atoms with Crippen LogP contribution in [0.25, 0.3) is 0 Å². The molecule has 1 aromatic heterocycles. The van der Waals surface area contributed by atoms with Crippen molar-refractivity contribution >= 4 is 23.7 Å². The Morgan fingerprint density at radius 3 is 2.75 bits per heavy atom. The summed E-state index contributed by atoms with van der Waals surface area (Å²) in [7, 11) is 0. The molecular weight excluding hydrogens is 276 g/mol. The molecule has 0 aliphatic heterocycles. The summed E-state index contributed by atoms with van der Waals surface area (Å²) in [5.74, 6) is 0.868. The predicted molar refractivity (Wildman–Crippen MR) is 79.3 cm³/mol. The van der Waals surface area contributed by atoms with Crippen LogP contribution in [0, 0.1) is 5.92 Å². The summed E-state index contributed by atoms with van der Waals surface area (Å²) < 4.78 is 2.02. The number of nitrogens with zero attached hydrogens (tertiary/aromatic N) is 4. The minimum atomic E-state index is -0.828. The van der Waals surface area contributed by atoms with Crippen molar-refractivity contribution in [3.8, 4) is 0 Å². The van der Waals surface area contributed by atoms with Gasteiger partial charge in [-0.25, -0.2) is 0 Å². The van der Waals surface area contributed by atoms with Crippen LogP contribution in [-0.2, 0) is 11.3 Å². The van der Waals surface area contributed by atoms with Crippen molar-refractivity contribution in [2.24, 2.45) is 5.92 Å². The summed E-state index contributed by atoms with van der Waals surface area (Å²) in [6.07, 6.45) is 3.68. The van der Waals surface area contributed by atoms with Crippen LogP contribution in [0.3, 0.4) is 0 Å². The standard InChI is InChI=1S/C13H22N4O2S/c1-3-7-16(8-10-5-6-10)12-14-15-13(17(12)4-2)20-9-11(18)19/h10H,3-9H2,1-2H3,(H,18,19). The number of hydrogen-bond donors (Lipinski definition) is 1. The SMILES string of the molecule is CCCN(CC1CC1)c1nnc(SCC(=O)O)n1CC. The van der Waals surface area contributed by atoms with E-state index in [2.05, 4.69) is 22.0 Å². The lowest BCUT2D eigenvalue weighted by atomic mass is 10.3. The lowest BCUT2D eigenvalue weighted by molar-refractivity contribution is -0.133. The van der Waals surface area contributed by atoms with Crippen LogP contribution in [0.4, 0.5) is 5.95 Å². The van der Waals surface area contributed by atoms with Crippen LogP contribution in [0.5, 0.6) is 0 Å². The van der Waals surface area contributed by atoms with Gasteiger partial charge in [-0.05, 0) is 32.1 Å². The quantitative estimate of drug-likeness (QED) is 0.704. The van der Waals surface area contributed by atoms with Gasteiger partial charge in [-0.1, -0.05) is 18.7 Å². The fourth-order valence-electron chi connectivity index (χ4n) is 2.18. The highest BCUT2D eigenvalue weighted by Gasteiger charge is 2.27. The predicted octanol–water partition coefficient (Wildman–Crippen LogP) is 2.10. The van der Waals surface area contributed by atoms with Crippen LogP contribution in [-0.4, -0.2) is 44.7 Å². The minimum Gasteiger partial charge on any atom is -0.481 e. The molecule has 0 unspecified atom stereocenters. The Hall–Kier alpha value is -1.24. The summed E-state index contributed by atoms with van der Waals surface area (Å²) in [5, 5.41) is 17.9. The molecule has 7 heteroatoms. The second-order valence-electron chi connectivity index (χ2n) is 5.10. The number of aromatic nitrogens is 3. The van der Waals surface area contributed by atoms with Gasteiger partial charge in [0, 0.05) is 19.6 Å². The van der Waals surface area contributed by atoms with Crippen molar-refractivity contribution in [1.29, 1.82) is 0 Å². The van der Waals surface area contributed by atoms with E-state index in [1.165, 1.54) is 24.6 Å². The smallest absolute Gasteiger partial charge is 0.313 e. The van der Waals surface area contributed by atoms with Gasteiger partial charge in [0.15, 0.2) is 5.16 Å². The summed E-state index contributed by atoms with van der Waals surface area (Å²) in [5.41, 5.74) is 0. The highest BCUT2D eigenvalue weighted by molar-refractivity contribution is 7.99. The van der Waals surface area contributed by atoms with E-state index < -0.39 is 5.97 Å². The minimum absolute atomic E-state index is 0.0224. The molecule has 1 aromatic rings. The molecule has 0 saturated heterocycles. The zero-order chi connectivity index (χ0) is 14.5. The Morgan fingerprint density at radius 2 is 2.20 bits per heavy atom. The molecule has 1 fully saturated rings. The van der Waals surface area contributed by atoms with Crippen molar-refractivity contribution in [3.63, 3.8) is 0 Å². The Morgan fingerprint density at radius 1 is 1.45 bits per heavy atom. The number of carboxylic acids is 1. The summed E-state index contributed by atoms with van der Waals surface area (Å²) in [6, 6.07) is 0. The van der Waals surface area contributed by atoms with Crippen molar-refractivity contribution in [3.05, 3.63) is 0 Å². The molecule has 1 N–H and O–H groups in total. The molecule has 20 heavy (non-hydrogen) atoms. The van der Waals surface area contributed by atoms with Crippen molar-refractivity contribution in [2.45, 2.75) is 44.8 Å². The Labute approximate surface area is 123 Å². The van der Waals surface area contributed by atoms with E-state index in [0.717, 1.165) is 37.9 Å². The van der Waals surface area contributed by atoms with Crippen LogP contribution < -0.4 is 4.90 Å². The zero-order valence-electron chi connectivity index (χ0n) is 12.1. The first-order valence-corrected chi connectivity index (χ1v) is 8.17. The number of rotatable bonds is 9. The molecule has 112 valence electrons. The number of carbonyl (C=O) groups is 1. The van der Waals surface area contributed by atoms with Crippen molar-refractivity contribution < 1.29 is 9.90 Å². The highest BCUT2D eigenvalue weighted by atomic mass is 32.2. The highest BCUT2D eigenvalue weighted by Crippen LogP contribution is 2.32. The molecule has 0 aromatic carbocycles. The molecule has 2 rings (SSSR count). The largest absolute Gasteiger partial charge is 0.481 e. The van der Waals surface area contributed by atoms with E-state index >= 15 is 0 Å². The van der Waals surface area contributed by atoms with Gasteiger partial charge in [0.2, 0.25) is 5.95 Å². The Balaban J connectivity index is 2.13. The second kappa shape index (κ2) is 6.97. The molecule has 1 aliphatic rings. The molecule has 0 bridgehead atoms. The van der Waals surface area contributed by atoms with E-state index in [-0.39, 0.29) is 5.75 Å². The van der Waals surface area contributed by atoms with Gasteiger partial charge in [0.05, 0.1) is 5.75 Å². The van der Waals surface area contributed by atoms with Crippen LogP contribution in [0.1, 0.15) is 33.1 Å². The first-order chi connectivity index (χ1) is 9.65. The van der Waals surface area contributed by atoms with Gasteiger partial charge in [-0.3, -0.25) is 9.36 Å². The van der Waals surface area contributed by atoms with E-state index in [1.807, 2.05) is 11.5 Å². The maximum Gasteiger partial charge on any atom is 0.313 e. The molecule has 0 radical (unpaired) electrons. The van der Waals surface area contributed by atoms with E-state index in [4.69, 9.17) is 5.11 Å². The van der Waals surface area contributed by atoms with Crippen LogP contribution in [0.15, 0.2) is 5.16 Å². The molecule has 1 aliphatic carbocycles. The van der Waals surface area contributed by atoms with Gasteiger partial charge < -0.3 is 10.0 Å². The first kappa shape index (κ1) is 15.2. The molecule has 6 nitrogen and oxygen atoms in total. The fraction of sp³-hybridized carbons (Fsp3) is 0.769. The van der Waals surface area contributed by atoms with Crippen molar-refractivity contribution in [1.82, 2.24) is 14.8 Å². The molecular formula is C13H22N4O2S. The average Bonchev–Trinajstić information content (AvgIpc) is 3.13. The van der Waals surface area contributed by atoms with Gasteiger partial charge in [-0.15, -0.1) is 10.2 Å². The maximum atomic E-state index is 10.7. The number of carboxylic acid groups (broad SMARTS) is 1. The van der Waals surface area contributed by atoms with Gasteiger partial charge >= 0.3 is 5.97 Å². The monoisotopic (exact) mass is 298 g/mol. The third-order valence-corrected chi connectivity index (χ3v) is 4.24. The maximum absolute atomic E-state index is 10.7. The second-order valence-corrected chi connectivity index (χ2v) is 6.04. The average molecular weight is 298 g/mol. The Kier molecular flexibility index (Phi) is 5.28. The molecule has 1 saturated carbocycles. The molecule has 0 amide bonds. The van der Waals surface area contributed by atoms with Gasteiger partial charge in [0.25, 0.3) is 0 Å². The van der Waals surface area contributed by atoms with Crippen molar-refractivity contribution in [2.75, 3.05) is 23.7 Å². The van der Waals surface area contributed by atoms with Gasteiger partial charge in [0.1, 0.15) is 0 Å². The van der Waals surface area contributed by atoms with Crippen LogP contribution in [0.2, 0.25) is 0 Å². The van der Waals surface area contributed by atoms with Gasteiger partial charge in [-0.2, -0.15) is 0 Å². The molecule has 0 spiro atoms. The lowest BCUT2D eigenvalue weighted by Gasteiger charge is -2.23. The van der Waals surface area contributed by atoms with Crippen LogP contribution >= 0.6 is 11.8 Å². The fourth-order valence-corrected chi connectivity index (χ4v) is 2.90. The lowest BCUT2D eigenvalue weighted by Crippen LogP contribution is -2.29. The summed E-state index contributed by atoms with van der Waals surface area (Å²) >= 11 is 1.23. The van der Waals surface area contributed by atoms with E-state index in [9.17, 15) is 4.79 Å². The summed E-state index contributed by atoms with van der Waals surface area (Å²) in [6.45, 7) is 6.97. The molecule has 1 heterocycles. The number of thioether (sulfide) groups is 1. The Bertz CT molecular complexity index is 459. The van der Waals surface area contributed by atoms with E-state index in [1.54, 1.807) is 0 Å². The van der Waals surface area contributed by atoms with E-state index in [0.29, 0.717) is 5.16 Å². The normalized spacial score (nSPS) is 14.5. The molecule has 0 atom stereocenters. The zero-order valence-corrected chi connectivity index (χ0v) is 12.9. The first-order valence-electron chi connectivity index (χ1n) is 7.18. The third-order valence-electron chi connectivity index (χ3n) is 3.29. The number of anilines is 1. The topological polar surface area (TPSA) is 71.2 Å². The third kappa shape index (κ3) is 3.88. The summed E-state index contributed by atoms with van der Waals surface area (Å²) in [4.78, 5) is 13.0. The number of hydrogen-bond acceptors (Lipinski definition) is 5.